The van der Waals surface area contributed by atoms with Crippen LogP contribution < -0.4 is 5.32 Å². The molecular weight excluding hydrogens is 418 g/mol. The van der Waals surface area contributed by atoms with Crippen LogP contribution in [0.4, 0.5) is 0 Å². The van der Waals surface area contributed by atoms with E-state index in [2.05, 4.69) is 5.32 Å². The van der Waals surface area contributed by atoms with Gasteiger partial charge in [0.1, 0.15) is 6.04 Å². The van der Waals surface area contributed by atoms with Gasteiger partial charge in [0.25, 0.3) is 5.91 Å². The van der Waals surface area contributed by atoms with Crippen molar-refractivity contribution in [1.82, 2.24) is 15.1 Å². The van der Waals surface area contributed by atoms with Crippen LogP contribution in [-0.2, 0) is 16.0 Å². The first-order valence-electron chi connectivity index (χ1n) is 11.3. The number of piperazine rings is 1. The van der Waals surface area contributed by atoms with Gasteiger partial charge >= 0.3 is 0 Å². The number of furan rings is 1. The Hall–Kier alpha value is -3.61. The average Bonchev–Trinajstić information content (AvgIpc) is 3.37. The Kier molecular flexibility index (Phi) is 6.77. The minimum Gasteiger partial charge on any atom is -0.459 e. The average molecular weight is 448 g/mol. The molecule has 1 aliphatic rings. The van der Waals surface area contributed by atoms with Crippen LogP contribution >= 0.6 is 0 Å². The van der Waals surface area contributed by atoms with E-state index in [9.17, 15) is 14.4 Å². The molecule has 1 aliphatic heterocycles. The number of carbonyl (C=O) groups is 3. The highest BCUT2D eigenvalue weighted by Crippen LogP contribution is 2.19. The number of nitrogens with one attached hydrogen (secondary N) is 1. The van der Waals surface area contributed by atoms with Crippen LogP contribution in [0.2, 0.25) is 0 Å². The highest BCUT2D eigenvalue weighted by atomic mass is 16.3. The Balaban J connectivity index is 1.37. The second-order valence-corrected chi connectivity index (χ2v) is 8.70. The van der Waals surface area contributed by atoms with E-state index in [1.54, 1.807) is 21.9 Å². The van der Waals surface area contributed by atoms with Crippen molar-refractivity contribution < 1.29 is 18.8 Å². The van der Waals surface area contributed by atoms with Gasteiger partial charge in [0.2, 0.25) is 11.8 Å². The van der Waals surface area contributed by atoms with E-state index in [1.807, 2.05) is 56.3 Å². The number of amides is 3. The van der Waals surface area contributed by atoms with Gasteiger partial charge in [-0.15, -0.1) is 0 Å². The second-order valence-electron chi connectivity index (χ2n) is 8.70. The largest absolute Gasteiger partial charge is 0.459 e. The van der Waals surface area contributed by atoms with E-state index in [0.29, 0.717) is 31.9 Å². The van der Waals surface area contributed by atoms with Crippen LogP contribution in [0.25, 0.3) is 10.8 Å². The van der Waals surface area contributed by atoms with Gasteiger partial charge in [0, 0.05) is 26.2 Å². The summed E-state index contributed by atoms with van der Waals surface area (Å²) in [5, 5.41) is 5.08. The van der Waals surface area contributed by atoms with Crippen LogP contribution in [0.3, 0.4) is 0 Å². The number of benzene rings is 2. The van der Waals surface area contributed by atoms with E-state index >= 15 is 0 Å². The molecule has 0 spiro atoms. The minimum atomic E-state index is -0.611. The second kappa shape index (κ2) is 9.90. The molecule has 172 valence electrons. The van der Waals surface area contributed by atoms with Crippen molar-refractivity contribution in [3.63, 3.8) is 0 Å². The van der Waals surface area contributed by atoms with Gasteiger partial charge in [-0.3, -0.25) is 14.4 Å². The van der Waals surface area contributed by atoms with Crippen molar-refractivity contribution in [2.45, 2.75) is 26.3 Å². The highest BCUT2D eigenvalue weighted by Gasteiger charge is 2.32. The third-order valence-corrected chi connectivity index (χ3v) is 6.09. The van der Waals surface area contributed by atoms with Crippen LogP contribution in [0, 0.1) is 5.92 Å². The van der Waals surface area contributed by atoms with Gasteiger partial charge in [-0.2, -0.15) is 0 Å². The van der Waals surface area contributed by atoms with Crippen LogP contribution in [0.5, 0.6) is 0 Å². The maximum absolute atomic E-state index is 13.2. The molecule has 0 radical (unpaired) electrons. The lowest BCUT2D eigenvalue weighted by Gasteiger charge is -2.37. The fourth-order valence-corrected chi connectivity index (χ4v) is 4.24. The van der Waals surface area contributed by atoms with Crippen molar-refractivity contribution in [3.05, 3.63) is 72.2 Å². The van der Waals surface area contributed by atoms with Crippen molar-refractivity contribution in [3.8, 4) is 0 Å². The number of rotatable bonds is 6. The van der Waals surface area contributed by atoms with E-state index in [0.717, 1.165) is 16.3 Å². The summed E-state index contributed by atoms with van der Waals surface area (Å²) in [6, 6.07) is 16.6. The first kappa shape index (κ1) is 22.6. The molecule has 0 unspecified atom stereocenters. The molecule has 7 nitrogen and oxygen atoms in total. The summed E-state index contributed by atoms with van der Waals surface area (Å²) in [7, 11) is 0. The number of hydrogen-bond acceptors (Lipinski definition) is 4. The summed E-state index contributed by atoms with van der Waals surface area (Å²) in [4.78, 5) is 42.0. The first-order valence-corrected chi connectivity index (χ1v) is 11.3. The molecule has 1 saturated heterocycles. The molecule has 7 heteroatoms. The smallest absolute Gasteiger partial charge is 0.289 e. The van der Waals surface area contributed by atoms with Crippen molar-refractivity contribution >= 4 is 28.5 Å². The standard InChI is InChI=1S/C26H29N3O4/c1-18(2)24(27-23(30)17-20-9-5-8-19-7-3-4-10-21(19)20)26(32)29-14-12-28(13-15-29)25(31)22-11-6-16-33-22/h3-11,16,18,24H,12-15,17H2,1-2H3,(H,27,30)/t24-/m0/s1. The molecule has 0 saturated carbocycles. The molecule has 2 aromatic carbocycles. The third kappa shape index (κ3) is 5.08. The predicted octanol–water partition coefficient (Wildman–Crippen LogP) is 3.10. The number of carbonyl (C=O) groups excluding carboxylic acids is 3. The highest BCUT2D eigenvalue weighted by molar-refractivity contribution is 5.93. The molecule has 3 amide bonds. The predicted molar refractivity (Wildman–Crippen MR) is 126 cm³/mol. The summed E-state index contributed by atoms with van der Waals surface area (Å²) >= 11 is 0. The SMILES string of the molecule is CC(C)[C@H](NC(=O)Cc1cccc2ccccc12)C(=O)N1CCN(C(=O)c2ccco2)CC1. The van der Waals surface area contributed by atoms with Crippen LogP contribution in [-0.4, -0.2) is 59.7 Å². The minimum absolute atomic E-state index is 0.0586. The van der Waals surface area contributed by atoms with Gasteiger partial charge in [0.15, 0.2) is 5.76 Å². The number of nitrogens with zero attached hydrogens (tertiary/aromatic N) is 2. The van der Waals surface area contributed by atoms with Crippen molar-refractivity contribution in [2.24, 2.45) is 5.92 Å². The van der Waals surface area contributed by atoms with Gasteiger partial charge in [-0.05, 0) is 34.4 Å². The number of fused-ring (bicyclic) bond motifs is 1. The van der Waals surface area contributed by atoms with Gasteiger partial charge in [-0.25, -0.2) is 0 Å². The lowest BCUT2D eigenvalue weighted by molar-refractivity contribution is -0.138. The quantitative estimate of drug-likeness (QED) is 0.630. The lowest BCUT2D eigenvalue weighted by Crippen LogP contribution is -2.57. The maximum Gasteiger partial charge on any atom is 0.289 e. The van der Waals surface area contributed by atoms with Crippen molar-refractivity contribution in [1.29, 1.82) is 0 Å². The molecule has 1 atom stereocenters. The van der Waals surface area contributed by atoms with E-state index in [4.69, 9.17) is 4.42 Å². The summed E-state index contributed by atoms with van der Waals surface area (Å²) < 4.78 is 5.19. The van der Waals surface area contributed by atoms with Crippen LogP contribution in [0.15, 0.2) is 65.3 Å². The first-order chi connectivity index (χ1) is 15.9. The zero-order chi connectivity index (χ0) is 23.4. The molecule has 4 rings (SSSR count). The molecule has 1 aromatic heterocycles. The zero-order valence-corrected chi connectivity index (χ0v) is 19.0. The fraction of sp³-hybridized carbons (Fsp3) is 0.346. The van der Waals surface area contributed by atoms with Crippen molar-refractivity contribution in [2.75, 3.05) is 26.2 Å². The molecule has 33 heavy (non-hydrogen) atoms. The van der Waals surface area contributed by atoms with E-state index in [-0.39, 0.29) is 30.1 Å². The molecule has 0 aliphatic carbocycles. The van der Waals surface area contributed by atoms with Gasteiger partial charge in [-0.1, -0.05) is 56.3 Å². The van der Waals surface area contributed by atoms with E-state index < -0.39 is 6.04 Å². The molecule has 1 N–H and O–H groups in total. The monoisotopic (exact) mass is 447 g/mol. The summed E-state index contributed by atoms with van der Waals surface area (Å²) in [6.07, 6.45) is 1.68. The Morgan fingerprint density at radius 1 is 0.909 bits per heavy atom. The Morgan fingerprint density at radius 2 is 1.61 bits per heavy atom. The topological polar surface area (TPSA) is 82.9 Å². The van der Waals surface area contributed by atoms with E-state index in [1.165, 1.54) is 6.26 Å². The summed E-state index contributed by atoms with van der Waals surface area (Å²) in [5.41, 5.74) is 0.936. The van der Waals surface area contributed by atoms with Crippen LogP contribution in [0.1, 0.15) is 30.0 Å². The third-order valence-electron chi connectivity index (χ3n) is 6.09. The Bertz CT molecular complexity index is 1130. The summed E-state index contributed by atoms with van der Waals surface area (Å²) in [6.45, 7) is 5.57. The van der Waals surface area contributed by atoms with Gasteiger partial charge in [0.05, 0.1) is 12.7 Å². The zero-order valence-electron chi connectivity index (χ0n) is 19.0. The Labute approximate surface area is 193 Å². The fourth-order valence-electron chi connectivity index (χ4n) is 4.24. The summed E-state index contributed by atoms with van der Waals surface area (Å²) in [5.74, 6) is -0.213. The molecule has 2 heterocycles. The molecule has 0 bridgehead atoms. The Morgan fingerprint density at radius 3 is 2.30 bits per heavy atom. The molecule has 3 aromatic rings. The number of hydrogen-bond donors (Lipinski definition) is 1. The molecule has 1 fully saturated rings. The van der Waals surface area contributed by atoms with Gasteiger partial charge < -0.3 is 19.5 Å². The lowest BCUT2D eigenvalue weighted by atomic mass is 9.99. The molecular formula is C26H29N3O4. The normalized spacial score (nSPS) is 15.0. The maximum atomic E-state index is 13.2.